The van der Waals surface area contributed by atoms with E-state index in [2.05, 4.69) is 34.5 Å². The molecule has 2 atom stereocenters. The van der Waals surface area contributed by atoms with Gasteiger partial charge in [0.25, 0.3) is 0 Å². The molecule has 0 spiro atoms. The molecule has 2 N–H and O–H groups in total. The van der Waals surface area contributed by atoms with Gasteiger partial charge in [-0.2, -0.15) is 0 Å². The quantitative estimate of drug-likeness (QED) is 0.824. The third-order valence-electron chi connectivity index (χ3n) is 4.39. The highest BCUT2D eigenvalue weighted by Crippen LogP contribution is 2.12. The van der Waals surface area contributed by atoms with Gasteiger partial charge >= 0.3 is 6.03 Å². The largest absolute Gasteiger partial charge is 0.489 e. The highest BCUT2D eigenvalue weighted by Gasteiger charge is 2.22. The van der Waals surface area contributed by atoms with E-state index in [0.29, 0.717) is 19.1 Å². The molecule has 1 aliphatic rings. The van der Waals surface area contributed by atoms with Crippen molar-refractivity contribution in [3.63, 3.8) is 0 Å². The number of nitrogens with zero attached hydrogens (tertiary/aromatic N) is 2. The van der Waals surface area contributed by atoms with Crippen molar-refractivity contribution in [3.8, 4) is 5.75 Å². The van der Waals surface area contributed by atoms with Gasteiger partial charge in [0.2, 0.25) is 0 Å². The first kappa shape index (κ1) is 18.5. The standard InChI is InChI=1S/C18H30N4O2/c1-14-5-7-17(8-6-14)24-15(2)11-19-18(23)20-12-16-13-21(3)9-10-22(16)4/h5-8,15-16H,9-13H2,1-4H3,(H2,19,20,23)/t15-,16-/m1/s1. The summed E-state index contributed by atoms with van der Waals surface area (Å²) in [7, 11) is 4.22. The molecule has 0 radical (unpaired) electrons. The summed E-state index contributed by atoms with van der Waals surface area (Å²) < 4.78 is 5.79. The number of benzene rings is 1. The van der Waals surface area contributed by atoms with Gasteiger partial charge in [0.15, 0.2) is 0 Å². The van der Waals surface area contributed by atoms with Crippen LogP contribution in [0.1, 0.15) is 12.5 Å². The van der Waals surface area contributed by atoms with Crippen LogP contribution in [-0.4, -0.2) is 74.8 Å². The molecule has 0 saturated carbocycles. The molecule has 0 aromatic heterocycles. The van der Waals surface area contributed by atoms with E-state index in [9.17, 15) is 4.79 Å². The summed E-state index contributed by atoms with van der Waals surface area (Å²) in [5.74, 6) is 0.821. The molecule has 6 nitrogen and oxygen atoms in total. The molecule has 0 unspecified atom stereocenters. The van der Waals surface area contributed by atoms with Crippen LogP contribution in [0.3, 0.4) is 0 Å². The van der Waals surface area contributed by atoms with Crippen LogP contribution in [0.25, 0.3) is 0 Å². The number of urea groups is 1. The van der Waals surface area contributed by atoms with Crippen LogP contribution in [0.4, 0.5) is 4.79 Å². The molecule has 1 aromatic carbocycles. The Morgan fingerprint density at radius 1 is 1.25 bits per heavy atom. The van der Waals surface area contributed by atoms with E-state index < -0.39 is 0 Å². The number of piperazine rings is 1. The van der Waals surface area contributed by atoms with Gasteiger partial charge < -0.3 is 20.3 Å². The van der Waals surface area contributed by atoms with Gasteiger partial charge in [0, 0.05) is 32.2 Å². The van der Waals surface area contributed by atoms with E-state index in [-0.39, 0.29) is 12.1 Å². The molecule has 0 aliphatic carbocycles. The second-order valence-corrected chi connectivity index (χ2v) is 6.73. The molecule has 1 saturated heterocycles. The summed E-state index contributed by atoms with van der Waals surface area (Å²) in [6, 6.07) is 8.13. The smallest absolute Gasteiger partial charge is 0.314 e. The first-order chi connectivity index (χ1) is 11.4. The van der Waals surface area contributed by atoms with Crippen LogP contribution in [0.15, 0.2) is 24.3 Å². The van der Waals surface area contributed by atoms with Gasteiger partial charge in [-0.1, -0.05) is 17.7 Å². The van der Waals surface area contributed by atoms with E-state index in [4.69, 9.17) is 4.74 Å². The number of ether oxygens (including phenoxy) is 1. The molecular formula is C18H30N4O2. The summed E-state index contributed by atoms with van der Waals surface area (Å²) >= 11 is 0. The Kier molecular flexibility index (Phi) is 6.87. The van der Waals surface area contributed by atoms with Crippen LogP contribution in [0.5, 0.6) is 5.75 Å². The fraction of sp³-hybridized carbons (Fsp3) is 0.611. The average molecular weight is 334 g/mol. The SMILES string of the molecule is Cc1ccc(O[C@H](C)CNC(=O)NC[C@@H]2CN(C)CCN2C)cc1. The highest BCUT2D eigenvalue weighted by molar-refractivity contribution is 5.73. The number of likely N-dealkylation sites (N-methyl/N-ethyl adjacent to an activating group) is 2. The number of hydrogen-bond acceptors (Lipinski definition) is 4. The van der Waals surface area contributed by atoms with Gasteiger partial charge in [-0.15, -0.1) is 0 Å². The number of carbonyl (C=O) groups is 1. The molecule has 1 fully saturated rings. The van der Waals surface area contributed by atoms with Gasteiger partial charge in [-0.3, -0.25) is 4.90 Å². The summed E-state index contributed by atoms with van der Waals surface area (Å²) in [6.07, 6.45) is -0.0815. The summed E-state index contributed by atoms with van der Waals surface area (Å²) in [5.41, 5.74) is 1.20. The van der Waals surface area contributed by atoms with Crippen molar-refractivity contribution in [1.29, 1.82) is 0 Å². The zero-order chi connectivity index (χ0) is 17.5. The Hall–Kier alpha value is -1.79. The molecule has 24 heavy (non-hydrogen) atoms. The van der Waals surface area contributed by atoms with E-state index in [0.717, 1.165) is 25.4 Å². The third kappa shape index (κ3) is 6.02. The van der Waals surface area contributed by atoms with Crippen molar-refractivity contribution in [2.45, 2.75) is 26.0 Å². The minimum absolute atomic E-state index is 0.0815. The Balaban J connectivity index is 1.66. The number of hydrogen-bond donors (Lipinski definition) is 2. The van der Waals surface area contributed by atoms with Crippen molar-refractivity contribution in [2.24, 2.45) is 0 Å². The Labute approximate surface area is 145 Å². The monoisotopic (exact) mass is 334 g/mol. The summed E-state index contributed by atoms with van der Waals surface area (Å²) in [5, 5.41) is 5.83. The predicted molar refractivity (Wildman–Crippen MR) is 96.6 cm³/mol. The topological polar surface area (TPSA) is 56.8 Å². The molecule has 0 bridgehead atoms. The zero-order valence-electron chi connectivity index (χ0n) is 15.2. The van der Waals surface area contributed by atoms with Crippen LogP contribution in [0, 0.1) is 6.92 Å². The van der Waals surface area contributed by atoms with E-state index in [1.54, 1.807) is 0 Å². The van der Waals surface area contributed by atoms with Gasteiger partial charge in [-0.25, -0.2) is 4.79 Å². The van der Waals surface area contributed by atoms with Crippen LogP contribution in [0.2, 0.25) is 0 Å². The molecule has 2 amide bonds. The maximum absolute atomic E-state index is 12.0. The Morgan fingerprint density at radius 3 is 2.67 bits per heavy atom. The third-order valence-corrected chi connectivity index (χ3v) is 4.39. The number of carbonyl (C=O) groups excluding carboxylic acids is 1. The molecule has 1 heterocycles. The maximum atomic E-state index is 12.0. The van der Waals surface area contributed by atoms with Gasteiger partial charge in [0.1, 0.15) is 11.9 Å². The zero-order valence-corrected chi connectivity index (χ0v) is 15.2. The van der Waals surface area contributed by atoms with Crippen molar-refractivity contribution in [2.75, 3.05) is 46.8 Å². The first-order valence-corrected chi connectivity index (χ1v) is 8.58. The van der Waals surface area contributed by atoms with Gasteiger partial charge in [0.05, 0.1) is 6.54 Å². The number of nitrogens with one attached hydrogen (secondary N) is 2. The molecule has 6 heteroatoms. The second-order valence-electron chi connectivity index (χ2n) is 6.73. The van der Waals surface area contributed by atoms with Crippen molar-refractivity contribution in [1.82, 2.24) is 20.4 Å². The van der Waals surface area contributed by atoms with Crippen molar-refractivity contribution in [3.05, 3.63) is 29.8 Å². The average Bonchev–Trinajstić information content (AvgIpc) is 2.56. The fourth-order valence-electron chi connectivity index (χ4n) is 2.72. The predicted octanol–water partition coefficient (Wildman–Crippen LogP) is 1.31. The lowest BCUT2D eigenvalue weighted by Gasteiger charge is -2.37. The normalized spacial score (nSPS) is 20.4. The van der Waals surface area contributed by atoms with E-state index in [1.807, 2.05) is 38.1 Å². The number of rotatable bonds is 6. The van der Waals surface area contributed by atoms with Crippen LogP contribution < -0.4 is 15.4 Å². The Morgan fingerprint density at radius 2 is 1.96 bits per heavy atom. The lowest BCUT2D eigenvalue weighted by Crippen LogP contribution is -2.55. The maximum Gasteiger partial charge on any atom is 0.314 e. The second kappa shape index (κ2) is 8.89. The number of aryl methyl sites for hydroxylation is 1. The molecule has 134 valence electrons. The van der Waals surface area contributed by atoms with Crippen LogP contribution in [-0.2, 0) is 0 Å². The first-order valence-electron chi connectivity index (χ1n) is 8.58. The molecule has 1 aliphatic heterocycles. The minimum Gasteiger partial charge on any atom is -0.489 e. The van der Waals surface area contributed by atoms with Crippen LogP contribution >= 0.6 is 0 Å². The fourth-order valence-corrected chi connectivity index (χ4v) is 2.72. The molecular weight excluding hydrogens is 304 g/mol. The van der Waals surface area contributed by atoms with Crippen molar-refractivity contribution < 1.29 is 9.53 Å². The van der Waals surface area contributed by atoms with E-state index >= 15 is 0 Å². The molecule has 2 rings (SSSR count). The summed E-state index contributed by atoms with van der Waals surface area (Å²) in [4.78, 5) is 16.6. The minimum atomic E-state index is -0.143. The van der Waals surface area contributed by atoms with E-state index in [1.165, 1.54) is 5.56 Å². The lowest BCUT2D eigenvalue weighted by molar-refractivity contribution is 0.114. The van der Waals surface area contributed by atoms with Gasteiger partial charge in [-0.05, 0) is 40.1 Å². The highest BCUT2D eigenvalue weighted by atomic mass is 16.5. The van der Waals surface area contributed by atoms with Crippen molar-refractivity contribution >= 4 is 6.03 Å². The summed E-state index contributed by atoms with van der Waals surface area (Å²) in [6.45, 7) is 8.20. The molecule has 1 aromatic rings. The Bertz CT molecular complexity index is 520. The lowest BCUT2D eigenvalue weighted by atomic mass is 10.2. The number of amides is 2.